The van der Waals surface area contributed by atoms with E-state index in [0.717, 1.165) is 0 Å². The van der Waals surface area contributed by atoms with Crippen LogP contribution in [0.4, 0.5) is 18.9 Å². The summed E-state index contributed by atoms with van der Waals surface area (Å²) in [5.74, 6) is -0.0948. The molecule has 8 nitrogen and oxygen atoms in total. The zero-order chi connectivity index (χ0) is 23.3. The first-order chi connectivity index (χ1) is 15.8. The molecule has 5 aromatic rings. The van der Waals surface area contributed by atoms with Crippen LogP contribution in [0.1, 0.15) is 11.4 Å². The summed E-state index contributed by atoms with van der Waals surface area (Å²) in [7, 11) is 0. The predicted molar refractivity (Wildman–Crippen MR) is 114 cm³/mol. The van der Waals surface area contributed by atoms with Crippen LogP contribution < -0.4 is 11.3 Å². The van der Waals surface area contributed by atoms with Crippen molar-refractivity contribution in [1.82, 2.24) is 24.8 Å². The SMILES string of the molecule is Cc1[nH]c2c(-c3ccccc3)c(C(F)(F)F)nn2c(=O)c1-c1nnc(-c2ccccc2N)o1. The third kappa shape index (κ3) is 3.34. The number of nitrogens with zero attached hydrogens (tertiary/aromatic N) is 4. The highest BCUT2D eigenvalue weighted by Crippen LogP contribution is 2.38. The van der Waals surface area contributed by atoms with E-state index in [2.05, 4.69) is 20.3 Å². The van der Waals surface area contributed by atoms with Crippen molar-refractivity contribution >= 4 is 11.3 Å². The summed E-state index contributed by atoms with van der Waals surface area (Å²) in [4.78, 5) is 16.1. The van der Waals surface area contributed by atoms with Crippen LogP contribution in [0.5, 0.6) is 0 Å². The van der Waals surface area contributed by atoms with E-state index in [1.165, 1.54) is 19.1 Å². The Hall–Kier alpha value is -4.41. The number of aromatic nitrogens is 5. The molecule has 5 rings (SSSR count). The summed E-state index contributed by atoms with van der Waals surface area (Å²) in [6, 6.07) is 14.7. The number of benzene rings is 2. The normalized spacial score (nSPS) is 11.9. The number of nitrogen functional groups attached to an aromatic ring is 1. The summed E-state index contributed by atoms with van der Waals surface area (Å²) in [6.07, 6.45) is -4.78. The van der Waals surface area contributed by atoms with Crippen LogP contribution in [0, 0.1) is 6.92 Å². The van der Waals surface area contributed by atoms with Crippen molar-refractivity contribution in [3.05, 3.63) is 76.3 Å². The first kappa shape index (κ1) is 20.5. The Labute approximate surface area is 183 Å². The number of fused-ring (bicyclic) bond motifs is 1. The smallest absolute Gasteiger partial charge is 0.416 e. The fourth-order valence-corrected chi connectivity index (χ4v) is 3.64. The average Bonchev–Trinajstić information content (AvgIpc) is 3.40. The lowest BCUT2D eigenvalue weighted by molar-refractivity contribution is -0.140. The number of nitrogens with two attached hydrogens (primary N) is 1. The molecule has 3 N–H and O–H groups in total. The maximum Gasteiger partial charge on any atom is 0.435 e. The summed E-state index contributed by atoms with van der Waals surface area (Å²) in [6.45, 7) is 1.53. The van der Waals surface area contributed by atoms with E-state index in [-0.39, 0.29) is 39.8 Å². The van der Waals surface area contributed by atoms with Gasteiger partial charge in [0.1, 0.15) is 11.2 Å². The fourth-order valence-electron chi connectivity index (χ4n) is 3.64. The van der Waals surface area contributed by atoms with E-state index in [0.29, 0.717) is 15.8 Å². The van der Waals surface area contributed by atoms with Crippen LogP contribution in [0.3, 0.4) is 0 Å². The predicted octanol–water partition coefficient (Wildman–Crippen LogP) is 4.32. The third-order valence-corrected chi connectivity index (χ3v) is 5.13. The highest BCUT2D eigenvalue weighted by molar-refractivity contribution is 5.81. The molecule has 0 unspecified atom stereocenters. The molecule has 2 aromatic carbocycles. The van der Waals surface area contributed by atoms with Gasteiger partial charge in [0.2, 0.25) is 5.89 Å². The molecule has 0 amide bonds. The molecule has 33 heavy (non-hydrogen) atoms. The summed E-state index contributed by atoms with van der Waals surface area (Å²) < 4.78 is 47.8. The number of hydrogen-bond donors (Lipinski definition) is 2. The molecule has 3 aromatic heterocycles. The van der Waals surface area contributed by atoms with Crippen molar-refractivity contribution in [1.29, 1.82) is 0 Å². The highest BCUT2D eigenvalue weighted by atomic mass is 19.4. The summed E-state index contributed by atoms with van der Waals surface area (Å²) >= 11 is 0. The quantitative estimate of drug-likeness (QED) is 0.394. The van der Waals surface area contributed by atoms with E-state index in [9.17, 15) is 18.0 Å². The topological polar surface area (TPSA) is 115 Å². The van der Waals surface area contributed by atoms with Crippen LogP contribution in [-0.2, 0) is 6.18 Å². The minimum Gasteiger partial charge on any atom is -0.416 e. The lowest BCUT2D eigenvalue weighted by atomic mass is 10.1. The highest BCUT2D eigenvalue weighted by Gasteiger charge is 2.39. The molecule has 0 radical (unpaired) electrons. The molecule has 0 aliphatic carbocycles. The van der Waals surface area contributed by atoms with Crippen LogP contribution in [0.2, 0.25) is 0 Å². The Bertz CT molecular complexity index is 1550. The summed E-state index contributed by atoms with van der Waals surface area (Å²) in [5, 5.41) is 11.5. The Morgan fingerprint density at radius 1 is 0.970 bits per heavy atom. The zero-order valence-corrected chi connectivity index (χ0v) is 17.0. The van der Waals surface area contributed by atoms with Crippen LogP contribution in [-0.4, -0.2) is 24.8 Å². The van der Waals surface area contributed by atoms with Gasteiger partial charge in [-0.2, -0.15) is 22.8 Å². The molecule has 166 valence electrons. The Morgan fingerprint density at radius 3 is 2.33 bits per heavy atom. The number of halogens is 3. The second-order valence-corrected chi connectivity index (χ2v) is 7.28. The van der Waals surface area contributed by atoms with Gasteiger partial charge in [-0.05, 0) is 24.6 Å². The van der Waals surface area contributed by atoms with Gasteiger partial charge < -0.3 is 15.1 Å². The Morgan fingerprint density at radius 2 is 1.64 bits per heavy atom. The zero-order valence-electron chi connectivity index (χ0n) is 17.0. The second-order valence-electron chi connectivity index (χ2n) is 7.28. The number of rotatable bonds is 3. The molecule has 0 aliphatic rings. The number of nitrogens with one attached hydrogen (secondary N) is 1. The second kappa shape index (κ2) is 7.33. The molecule has 0 spiro atoms. The molecule has 0 saturated carbocycles. The largest absolute Gasteiger partial charge is 0.435 e. The number of hydrogen-bond acceptors (Lipinski definition) is 6. The van der Waals surface area contributed by atoms with Gasteiger partial charge in [-0.3, -0.25) is 4.79 Å². The van der Waals surface area contributed by atoms with E-state index < -0.39 is 17.4 Å². The standard InChI is InChI=1S/C22H15F3N6O2/c1-11-15(20-29-28-19(33-20)13-9-5-6-10-14(13)26)21(32)31-18(27-11)16(12-7-3-2-4-8-12)17(30-31)22(23,24)25/h2-10,27H,26H2,1H3. The van der Waals surface area contributed by atoms with Crippen molar-refractivity contribution in [2.75, 3.05) is 5.73 Å². The monoisotopic (exact) mass is 452 g/mol. The number of para-hydroxylation sites is 1. The first-order valence-corrected chi connectivity index (χ1v) is 9.72. The van der Waals surface area contributed by atoms with Gasteiger partial charge in [0.15, 0.2) is 5.69 Å². The first-order valence-electron chi connectivity index (χ1n) is 9.72. The van der Waals surface area contributed by atoms with Gasteiger partial charge in [0.05, 0.1) is 11.1 Å². The molecule has 3 heterocycles. The Kier molecular flexibility index (Phi) is 4.55. The fraction of sp³-hybridized carbons (Fsp3) is 0.0909. The Balaban J connectivity index is 1.74. The molecular weight excluding hydrogens is 437 g/mol. The van der Waals surface area contributed by atoms with Gasteiger partial charge in [0.25, 0.3) is 11.4 Å². The maximum absolute atomic E-state index is 13.8. The number of alkyl halides is 3. The van der Waals surface area contributed by atoms with Crippen LogP contribution in [0.15, 0.2) is 63.8 Å². The molecule has 0 atom stereocenters. The van der Waals surface area contributed by atoms with Crippen LogP contribution >= 0.6 is 0 Å². The van der Waals surface area contributed by atoms with Gasteiger partial charge in [-0.15, -0.1) is 10.2 Å². The van der Waals surface area contributed by atoms with Crippen molar-refractivity contribution in [3.63, 3.8) is 0 Å². The molecule has 11 heteroatoms. The van der Waals surface area contributed by atoms with Gasteiger partial charge >= 0.3 is 6.18 Å². The van der Waals surface area contributed by atoms with E-state index in [1.807, 2.05) is 0 Å². The number of aromatic amines is 1. The van der Waals surface area contributed by atoms with Crippen molar-refractivity contribution < 1.29 is 17.6 Å². The minimum absolute atomic E-state index is 0.0726. The number of H-pyrrole nitrogens is 1. The van der Waals surface area contributed by atoms with Gasteiger partial charge in [-0.1, -0.05) is 42.5 Å². The lowest BCUT2D eigenvalue weighted by Crippen LogP contribution is -2.20. The van der Waals surface area contributed by atoms with Gasteiger partial charge in [-0.25, -0.2) is 0 Å². The molecular formula is C22H15F3N6O2. The average molecular weight is 452 g/mol. The van der Waals surface area contributed by atoms with E-state index in [1.54, 1.807) is 42.5 Å². The summed E-state index contributed by atoms with van der Waals surface area (Å²) in [5.41, 5.74) is 4.89. The van der Waals surface area contributed by atoms with Gasteiger partial charge in [0, 0.05) is 11.4 Å². The number of aryl methyl sites for hydroxylation is 1. The third-order valence-electron chi connectivity index (χ3n) is 5.13. The van der Waals surface area contributed by atoms with Crippen molar-refractivity contribution in [2.24, 2.45) is 0 Å². The lowest BCUT2D eigenvalue weighted by Gasteiger charge is -2.07. The van der Waals surface area contributed by atoms with E-state index in [4.69, 9.17) is 10.2 Å². The van der Waals surface area contributed by atoms with Crippen molar-refractivity contribution in [3.8, 4) is 34.0 Å². The molecule has 0 aliphatic heterocycles. The van der Waals surface area contributed by atoms with Crippen LogP contribution in [0.25, 0.3) is 39.7 Å². The molecule has 0 bridgehead atoms. The van der Waals surface area contributed by atoms with Crippen molar-refractivity contribution in [2.45, 2.75) is 13.1 Å². The number of anilines is 1. The maximum atomic E-state index is 13.8. The molecule has 0 fully saturated rings. The minimum atomic E-state index is -4.78. The molecule has 0 saturated heterocycles. The van der Waals surface area contributed by atoms with E-state index >= 15 is 0 Å².